The molecule has 1 aromatic rings. The van der Waals surface area contributed by atoms with E-state index >= 15 is 0 Å². The number of anilines is 1. The van der Waals surface area contributed by atoms with Crippen molar-refractivity contribution >= 4 is 27.6 Å². The van der Waals surface area contributed by atoms with E-state index in [0.29, 0.717) is 11.0 Å². The minimum Gasteiger partial charge on any atom is -0.468 e. The first-order chi connectivity index (χ1) is 9.52. The minimum atomic E-state index is -0.227. The molecule has 1 fully saturated rings. The highest BCUT2D eigenvalue weighted by molar-refractivity contribution is 9.10. The van der Waals surface area contributed by atoms with E-state index in [1.54, 1.807) is 13.2 Å². The number of carbonyl (C=O) groups excluding carboxylic acids is 1. The van der Waals surface area contributed by atoms with Gasteiger partial charge in [-0.3, -0.25) is 14.5 Å². The lowest BCUT2D eigenvalue weighted by Gasteiger charge is -2.35. The van der Waals surface area contributed by atoms with Gasteiger partial charge in [-0.15, -0.1) is 0 Å². The molecule has 2 rings (SSSR count). The summed E-state index contributed by atoms with van der Waals surface area (Å²) < 4.78 is 6.47. The number of carbonyl (C=O) groups is 1. The molecule has 0 N–H and O–H groups in total. The molecule has 0 radical (unpaired) electrons. The van der Waals surface area contributed by atoms with Crippen LogP contribution in [0.25, 0.3) is 0 Å². The SMILES string of the molecule is COC(=O)CN1CCN(c2cnn(C)c(=O)c2Br)CC1. The molecular weight excluding hydrogens is 328 g/mol. The molecule has 8 heteroatoms. The molecule has 2 heterocycles. The van der Waals surface area contributed by atoms with Crippen molar-refractivity contribution in [2.24, 2.45) is 7.05 Å². The van der Waals surface area contributed by atoms with Crippen LogP contribution >= 0.6 is 15.9 Å². The van der Waals surface area contributed by atoms with Gasteiger partial charge in [-0.1, -0.05) is 0 Å². The number of halogens is 1. The van der Waals surface area contributed by atoms with Crippen LogP contribution in [-0.2, 0) is 16.6 Å². The Morgan fingerprint density at radius 1 is 1.40 bits per heavy atom. The van der Waals surface area contributed by atoms with Crippen LogP contribution in [0.15, 0.2) is 15.5 Å². The van der Waals surface area contributed by atoms with Crippen LogP contribution in [0.5, 0.6) is 0 Å². The van der Waals surface area contributed by atoms with E-state index in [9.17, 15) is 9.59 Å². The molecule has 0 aliphatic carbocycles. The fourth-order valence-corrected chi connectivity index (χ4v) is 2.73. The Kier molecular flexibility index (Phi) is 4.77. The van der Waals surface area contributed by atoms with Crippen molar-refractivity contribution in [1.82, 2.24) is 14.7 Å². The van der Waals surface area contributed by atoms with Crippen molar-refractivity contribution in [2.45, 2.75) is 0 Å². The Bertz CT molecular complexity index is 552. The topological polar surface area (TPSA) is 67.7 Å². The van der Waals surface area contributed by atoms with E-state index < -0.39 is 0 Å². The largest absolute Gasteiger partial charge is 0.468 e. The van der Waals surface area contributed by atoms with Crippen LogP contribution in [0.2, 0.25) is 0 Å². The van der Waals surface area contributed by atoms with Gasteiger partial charge in [-0.2, -0.15) is 5.10 Å². The van der Waals surface area contributed by atoms with Gasteiger partial charge in [0, 0.05) is 33.2 Å². The van der Waals surface area contributed by atoms with Crippen LogP contribution in [0.3, 0.4) is 0 Å². The van der Waals surface area contributed by atoms with Crippen LogP contribution in [0.4, 0.5) is 5.69 Å². The molecule has 0 unspecified atom stereocenters. The van der Waals surface area contributed by atoms with Crippen LogP contribution in [0.1, 0.15) is 0 Å². The number of nitrogens with zero attached hydrogens (tertiary/aromatic N) is 4. The molecule has 1 aliphatic heterocycles. The van der Waals surface area contributed by atoms with Crippen molar-refractivity contribution in [3.8, 4) is 0 Å². The van der Waals surface area contributed by atoms with Gasteiger partial charge in [0.2, 0.25) is 0 Å². The summed E-state index contributed by atoms with van der Waals surface area (Å²) >= 11 is 3.33. The predicted octanol–water partition coefficient (Wildman–Crippen LogP) is -0.162. The third-order valence-electron chi connectivity index (χ3n) is 3.35. The normalized spacial score (nSPS) is 16.2. The van der Waals surface area contributed by atoms with Crippen LogP contribution in [0, 0.1) is 0 Å². The zero-order valence-electron chi connectivity index (χ0n) is 11.5. The molecule has 7 nitrogen and oxygen atoms in total. The van der Waals surface area contributed by atoms with E-state index in [1.165, 1.54) is 11.8 Å². The molecule has 1 aromatic heterocycles. The summed E-state index contributed by atoms with van der Waals surface area (Å²) in [6.07, 6.45) is 1.68. The second-order valence-corrected chi connectivity index (χ2v) is 5.40. The zero-order valence-corrected chi connectivity index (χ0v) is 13.1. The monoisotopic (exact) mass is 344 g/mol. The molecule has 0 saturated carbocycles. The van der Waals surface area contributed by atoms with E-state index in [4.69, 9.17) is 0 Å². The fraction of sp³-hybridized carbons (Fsp3) is 0.583. The van der Waals surface area contributed by atoms with Crippen molar-refractivity contribution in [2.75, 3.05) is 44.7 Å². The average molecular weight is 345 g/mol. The molecule has 110 valence electrons. The number of aryl methyl sites for hydroxylation is 1. The maximum atomic E-state index is 11.8. The summed E-state index contributed by atoms with van der Waals surface area (Å²) in [4.78, 5) is 27.2. The number of esters is 1. The summed E-state index contributed by atoms with van der Waals surface area (Å²) in [5.41, 5.74) is 0.644. The standard InChI is InChI=1S/C12H17BrN4O3/c1-15-12(19)11(13)9(7-14-15)17-5-3-16(4-6-17)8-10(18)20-2/h7H,3-6,8H2,1-2H3. The van der Waals surface area contributed by atoms with Crippen molar-refractivity contribution < 1.29 is 9.53 Å². The van der Waals surface area contributed by atoms with Crippen molar-refractivity contribution in [3.63, 3.8) is 0 Å². The number of hydrogen-bond donors (Lipinski definition) is 0. The van der Waals surface area contributed by atoms with Gasteiger partial charge in [0.15, 0.2) is 0 Å². The first kappa shape index (κ1) is 15.0. The number of piperazine rings is 1. The van der Waals surface area contributed by atoms with Crippen molar-refractivity contribution in [1.29, 1.82) is 0 Å². The number of aromatic nitrogens is 2. The first-order valence-corrected chi connectivity index (χ1v) is 7.08. The van der Waals surface area contributed by atoms with E-state index in [1.807, 2.05) is 4.90 Å². The zero-order chi connectivity index (χ0) is 14.7. The summed E-state index contributed by atoms with van der Waals surface area (Å²) in [6, 6.07) is 0. The number of methoxy groups -OCH3 is 1. The van der Waals surface area contributed by atoms with Crippen LogP contribution < -0.4 is 10.5 Å². The van der Waals surface area contributed by atoms with Crippen molar-refractivity contribution in [3.05, 3.63) is 21.0 Å². The maximum absolute atomic E-state index is 11.8. The first-order valence-electron chi connectivity index (χ1n) is 6.29. The maximum Gasteiger partial charge on any atom is 0.319 e. The van der Waals surface area contributed by atoms with E-state index in [2.05, 4.69) is 30.7 Å². The predicted molar refractivity (Wildman–Crippen MR) is 77.8 cm³/mol. The Labute approximate surface area is 125 Å². The summed E-state index contributed by atoms with van der Waals surface area (Å²) in [5, 5.41) is 4.04. The van der Waals surface area contributed by atoms with Gasteiger partial charge < -0.3 is 9.64 Å². The fourth-order valence-electron chi connectivity index (χ4n) is 2.12. The summed E-state index contributed by atoms with van der Waals surface area (Å²) in [5.74, 6) is -0.227. The van der Waals surface area contributed by atoms with Gasteiger partial charge in [0.25, 0.3) is 5.56 Å². The Morgan fingerprint density at radius 2 is 2.05 bits per heavy atom. The molecule has 0 bridgehead atoms. The lowest BCUT2D eigenvalue weighted by Crippen LogP contribution is -2.48. The van der Waals surface area contributed by atoms with E-state index in [-0.39, 0.29) is 11.5 Å². The minimum absolute atomic E-state index is 0.153. The van der Waals surface area contributed by atoms with E-state index in [0.717, 1.165) is 31.9 Å². The lowest BCUT2D eigenvalue weighted by atomic mass is 10.3. The quantitative estimate of drug-likeness (QED) is 0.709. The molecule has 20 heavy (non-hydrogen) atoms. The molecule has 1 saturated heterocycles. The second-order valence-electron chi connectivity index (χ2n) is 4.61. The summed E-state index contributed by atoms with van der Waals surface area (Å²) in [7, 11) is 3.01. The highest BCUT2D eigenvalue weighted by atomic mass is 79.9. The smallest absolute Gasteiger partial charge is 0.319 e. The third-order valence-corrected chi connectivity index (χ3v) is 4.10. The Hall–Kier alpha value is -1.41. The third kappa shape index (κ3) is 3.18. The number of rotatable bonds is 3. The highest BCUT2D eigenvalue weighted by Gasteiger charge is 2.22. The number of hydrogen-bond acceptors (Lipinski definition) is 6. The highest BCUT2D eigenvalue weighted by Crippen LogP contribution is 2.22. The Morgan fingerprint density at radius 3 is 2.65 bits per heavy atom. The molecule has 0 amide bonds. The van der Waals surface area contributed by atoms with Gasteiger partial charge in [-0.25, -0.2) is 4.68 Å². The second kappa shape index (κ2) is 6.36. The lowest BCUT2D eigenvalue weighted by molar-refractivity contribution is -0.142. The molecule has 0 spiro atoms. The molecule has 1 aliphatic rings. The molecule has 0 aromatic carbocycles. The van der Waals surface area contributed by atoms with Gasteiger partial charge in [0.1, 0.15) is 4.47 Å². The van der Waals surface area contributed by atoms with Gasteiger partial charge in [-0.05, 0) is 15.9 Å². The molecule has 0 atom stereocenters. The Balaban J connectivity index is 2.03. The van der Waals surface area contributed by atoms with Crippen LogP contribution in [-0.4, -0.2) is 60.5 Å². The summed E-state index contributed by atoms with van der Waals surface area (Å²) in [6.45, 7) is 3.28. The van der Waals surface area contributed by atoms with Gasteiger partial charge >= 0.3 is 5.97 Å². The van der Waals surface area contributed by atoms with Gasteiger partial charge in [0.05, 0.1) is 25.5 Å². The average Bonchev–Trinajstić information content (AvgIpc) is 2.46. The molecular formula is C12H17BrN4O3. The number of ether oxygens (including phenoxy) is 1.